The van der Waals surface area contributed by atoms with Crippen LogP contribution in [0.3, 0.4) is 0 Å². The molecular formula is C12H8ClFN2O2S. The number of rotatable bonds is 2. The molecule has 0 saturated carbocycles. The molecule has 0 aliphatic rings. The number of amides is 3. The van der Waals surface area contributed by atoms with Gasteiger partial charge in [-0.3, -0.25) is 10.1 Å². The molecule has 0 saturated heterocycles. The molecule has 1 aromatic heterocycles. The normalized spacial score (nSPS) is 10.0. The summed E-state index contributed by atoms with van der Waals surface area (Å²) in [4.78, 5) is 23.5. The van der Waals surface area contributed by atoms with Crippen molar-refractivity contribution in [3.63, 3.8) is 0 Å². The molecule has 98 valence electrons. The van der Waals surface area contributed by atoms with Gasteiger partial charge in [0.1, 0.15) is 5.82 Å². The standard InChI is InChI=1S/C12H8ClFN2O2S/c13-8-6-7(3-4-9(8)14)15-12(18)16-11(17)10-2-1-5-19-10/h1-6H,(H2,15,16,17,18). The summed E-state index contributed by atoms with van der Waals surface area (Å²) in [7, 11) is 0. The van der Waals surface area contributed by atoms with Gasteiger partial charge in [-0.25, -0.2) is 9.18 Å². The number of hydrogen-bond donors (Lipinski definition) is 2. The van der Waals surface area contributed by atoms with E-state index in [-0.39, 0.29) is 5.02 Å². The molecular weight excluding hydrogens is 291 g/mol. The molecule has 0 aliphatic heterocycles. The molecule has 2 N–H and O–H groups in total. The summed E-state index contributed by atoms with van der Waals surface area (Å²) in [6, 6.07) is 6.32. The van der Waals surface area contributed by atoms with E-state index in [9.17, 15) is 14.0 Å². The summed E-state index contributed by atoms with van der Waals surface area (Å²) in [5.41, 5.74) is 0.294. The third-order valence-corrected chi connectivity index (χ3v) is 3.31. The van der Waals surface area contributed by atoms with E-state index >= 15 is 0 Å². The highest BCUT2D eigenvalue weighted by atomic mass is 35.5. The topological polar surface area (TPSA) is 58.2 Å². The first kappa shape index (κ1) is 13.5. The van der Waals surface area contributed by atoms with Gasteiger partial charge >= 0.3 is 6.03 Å². The predicted octanol–water partition coefficient (Wildman–Crippen LogP) is 3.50. The maximum Gasteiger partial charge on any atom is 0.326 e. The highest BCUT2D eigenvalue weighted by Crippen LogP contribution is 2.19. The molecule has 4 nitrogen and oxygen atoms in total. The fourth-order valence-electron chi connectivity index (χ4n) is 1.31. The molecule has 1 aromatic carbocycles. The smallest absolute Gasteiger partial charge is 0.308 e. The van der Waals surface area contributed by atoms with Crippen LogP contribution in [0.15, 0.2) is 35.7 Å². The number of thiophene rings is 1. The van der Waals surface area contributed by atoms with Crippen molar-refractivity contribution in [3.8, 4) is 0 Å². The van der Waals surface area contributed by atoms with Gasteiger partial charge in [0.05, 0.1) is 9.90 Å². The number of imide groups is 1. The van der Waals surface area contributed by atoms with Crippen molar-refractivity contribution in [2.24, 2.45) is 0 Å². The highest BCUT2D eigenvalue weighted by Gasteiger charge is 2.11. The fourth-order valence-corrected chi connectivity index (χ4v) is 2.11. The van der Waals surface area contributed by atoms with E-state index in [4.69, 9.17) is 11.6 Å². The number of nitrogens with one attached hydrogen (secondary N) is 2. The van der Waals surface area contributed by atoms with E-state index in [1.807, 2.05) is 0 Å². The Morgan fingerprint density at radius 3 is 2.68 bits per heavy atom. The van der Waals surface area contributed by atoms with Crippen molar-refractivity contribution in [1.29, 1.82) is 0 Å². The Bertz CT molecular complexity index is 616. The zero-order valence-corrected chi connectivity index (χ0v) is 11.0. The highest BCUT2D eigenvalue weighted by molar-refractivity contribution is 7.12. The zero-order chi connectivity index (χ0) is 13.8. The number of urea groups is 1. The average Bonchev–Trinajstić information content (AvgIpc) is 2.87. The number of benzene rings is 1. The third kappa shape index (κ3) is 3.52. The summed E-state index contributed by atoms with van der Waals surface area (Å²) in [6.07, 6.45) is 0. The van der Waals surface area contributed by atoms with Crippen LogP contribution >= 0.6 is 22.9 Å². The molecule has 0 fully saturated rings. The Labute approximate surface area is 117 Å². The van der Waals surface area contributed by atoms with E-state index in [2.05, 4.69) is 10.6 Å². The summed E-state index contributed by atoms with van der Waals surface area (Å²) >= 11 is 6.79. The van der Waals surface area contributed by atoms with Crippen LogP contribution in [0.25, 0.3) is 0 Å². The molecule has 1 heterocycles. The van der Waals surface area contributed by atoms with Crippen LogP contribution in [0.2, 0.25) is 5.02 Å². The quantitative estimate of drug-likeness (QED) is 0.891. The molecule has 2 rings (SSSR count). The second kappa shape index (κ2) is 5.81. The van der Waals surface area contributed by atoms with E-state index in [1.54, 1.807) is 17.5 Å². The summed E-state index contributed by atoms with van der Waals surface area (Å²) < 4.78 is 12.9. The molecule has 2 aromatic rings. The van der Waals surface area contributed by atoms with Crippen LogP contribution in [-0.2, 0) is 0 Å². The van der Waals surface area contributed by atoms with Gasteiger partial charge < -0.3 is 5.32 Å². The Hall–Kier alpha value is -1.92. The van der Waals surface area contributed by atoms with Crippen molar-refractivity contribution < 1.29 is 14.0 Å². The van der Waals surface area contributed by atoms with Crippen molar-refractivity contribution in [2.75, 3.05) is 5.32 Å². The lowest BCUT2D eigenvalue weighted by atomic mass is 10.3. The Morgan fingerprint density at radius 2 is 2.05 bits per heavy atom. The lowest BCUT2D eigenvalue weighted by Gasteiger charge is -2.06. The lowest BCUT2D eigenvalue weighted by Crippen LogP contribution is -2.33. The van der Waals surface area contributed by atoms with Gasteiger partial charge in [-0.05, 0) is 29.6 Å². The molecule has 0 unspecified atom stereocenters. The molecule has 0 bridgehead atoms. The lowest BCUT2D eigenvalue weighted by molar-refractivity contribution is 0.0971. The summed E-state index contributed by atoms with van der Waals surface area (Å²) in [5.74, 6) is -1.08. The molecule has 19 heavy (non-hydrogen) atoms. The second-order valence-electron chi connectivity index (χ2n) is 3.51. The van der Waals surface area contributed by atoms with Crippen molar-refractivity contribution in [1.82, 2.24) is 5.32 Å². The largest absolute Gasteiger partial charge is 0.326 e. The number of hydrogen-bond acceptors (Lipinski definition) is 3. The monoisotopic (exact) mass is 298 g/mol. The van der Waals surface area contributed by atoms with Crippen molar-refractivity contribution in [3.05, 3.63) is 51.4 Å². The Balaban J connectivity index is 1.98. The number of carbonyl (C=O) groups excluding carboxylic acids is 2. The van der Waals surface area contributed by atoms with Crippen LogP contribution in [0, 0.1) is 5.82 Å². The van der Waals surface area contributed by atoms with E-state index in [1.165, 1.54) is 23.5 Å². The van der Waals surface area contributed by atoms with Crippen LogP contribution in [0.5, 0.6) is 0 Å². The van der Waals surface area contributed by atoms with Gasteiger partial charge in [-0.1, -0.05) is 17.7 Å². The second-order valence-corrected chi connectivity index (χ2v) is 4.87. The minimum Gasteiger partial charge on any atom is -0.308 e. The minimum atomic E-state index is -0.707. The van der Waals surface area contributed by atoms with Gasteiger partial charge in [0, 0.05) is 5.69 Å². The average molecular weight is 299 g/mol. The maximum absolute atomic E-state index is 12.9. The van der Waals surface area contributed by atoms with Gasteiger partial charge in [0.2, 0.25) is 0 Å². The zero-order valence-electron chi connectivity index (χ0n) is 9.44. The number of carbonyl (C=O) groups is 2. The molecule has 0 spiro atoms. The van der Waals surface area contributed by atoms with Crippen LogP contribution in [-0.4, -0.2) is 11.9 Å². The van der Waals surface area contributed by atoms with E-state index in [0.29, 0.717) is 10.6 Å². The predicted molar refractivity (Wildman–Crippen MR) is 72.2 cm³/mol. The van der Waals surface area contributed by atoms with Crippen LogP contribution in [0.1, 0.15) is 9.67 Å². The molecule has 3 amide bonds. The minimum absolute atomic E-state index is 0.109. The number of halogens is 2. The SMILES string of the molecule is O=C(NC(=O)c1cccs1)Nc1ccc(F)c(Cl)c1. The van der Waals surface area contributed by atoms with Gasteiger partial charge in [0.15, 0.2) is 0 Å². The van der Waals surface area contributed by atoms with Gasteiger partial charge in [0.25, 0.3) is 5.91 Å². The first-order chi connectivity index (χ1) is 9.06. The summed E-state index contributed by atoms with van der Waals surface area (Å²) in [6.45, 7) is 0. The van der Waals surface area contributed by atoms with Crippen LogP contribution in [0.4, 0.5) is 14.9 Å². The van der Waals surface area contributed by atoms with Gasteiger partial charge in [-0.15, -0.1) is 11.3 Å². The Morgan fingerprint density at radius 1 is 1.26 bits per heavy atom. The summed E-state index contributed by atoms with van der Waals surface area (Å²) in [5, 5.41) is 6.15. The first-order valence-electron chi connectivity index (χ1n) is 5.17. The first-order valence-corrected chi connectivity index (χ1v) is 6.43. The maximum atomic E-state index is 12.9. The van der Waals surface area contributed by atoms with E-state index < -0.39 is 17.8 Å². The van der Waals surface area contributed by atoms with Crippen molar-refractivity contribution >= 4 is 40.6 Å². The molecule has 0 aliphatic carbocycles. The van der Waals surface area contributed by atoms with Crippen molar-refractivity contribution in [2.45, 2.75) is 0 Å². The third-order valence-electron chi connectivity index (χ3n) is 2.15. The van der Waals surface area contributed by atoms with Gasteiger partial charge in [-0.2, -0.15) is 0 Å². The van der Waals surface area contributed by atoms with E-state index in [0.717, 1.165) is 6.07 Å². The molecule has 7 heteroatoms. The number of anilines is 1. The Kier molecular flexibility index (Phi) is 4.13. The fraction of sp³-hybridized carbons (Fsp3) is 0. The molecule has 0 atom stereocenters. The molecule has 0 radical (unpaired) electrons. The van der Waals surface area contributed by atoms with Crippen LogP contribution < -0.4 is 10.6 Å².